The van der Waals surface area contributed by atoms with Crippen molar-refractivity contribution < 1.29 is 0 Å². The first-order valence-electron chi connectivity index (χ1n) is 7.56. The van der Waals surface area contributed by atoms with Crippen LogP contribution in [0, 0.1) is 18.3 Å². The molecule has 2 fully saturated rings. The Balaban J connectivity index is 1.72. The van der Waals surface area contributed by atoms with Crippen LogP contribution in [-0.4, -0.2) is 43.5 Å². The molecule has 1 aliphatic carbocycles. The van der Waals surface area contributed by atoms with Gasteiger partial charge in [-0.25, -0.2) is 0 Å². The second-order valence-corrected chi connectivity index (χ2v) is 6.12. The number of hydrogen-bond donors (Lipinski definition) is 2. The molecule has 0 unspecified atom stereocenters. The molecule has 0 aromatic heterocycles. The van der Waals surface area contributed by atoms with Gasteiger partial charge >= 0.3 is 0 Å². The van der Waals surface area contributed by atoms with Crippen molar-refractivity contribution in [1.29, 1.82) is 5.41 Å². The number of amidine groups is 1. The fraction of sp³-hybridized carbons (Fsp3) is 0.562. The highest BCUT2D eigenvalue weighted by Crippen LogP contribution is 2.31. The fourth-order valence-corrected chi connectivity index (χ4v) is 3.12. The molecule has 1 aromatic rings. The molecule has 3 rings (SSSR count). The van der Waals surface area contributed by atoms with Gasteiger partial charge in [0.1, 0.15) is 5.84 Å². The zero-order valence-corrected chi connectivity index (χ0v) is 12.2. The second-order valence-electron chi connectivity index (χ2n) is 6.12. The Labute approximate surface area is 121 Å². The predicted octanol–water partition coefficient (Wildman–Crippen LogP) is 1.81. The third-order valence-electron chi connectivity index (χ3n) is 4.43. The van der Waals surface area contributed by atoms with E-state index >= 15 is 0 Å². The van der Waals surface area contributed by atoms with Crippen molar-refractivity contribution in [1.82, 2.24) is 4.90 Å². The van der Waals surface area contributed by atoms with Crippen molar-refractivity contribution in [3.63, 3.8) is 0 Å². The molecule has 2 aliphatic rings. The number of rotatable bonds is 4. The Morgan fingerprint density at radius 2 is 1.95 bits per heavy atom. The number of nitrogens with one attached hydrogen (secondary N) is 1. The Kier molecular flexibility index (Phi) is 3.66. The zero-order chi connectivity index (χ0) is 14.1. The molecule has 0 amide bonds. The summed E-state index contributed by atoms with van der Waals surface area (Å²) in [5, 5.41) is 7.77. The molecule has 1 aromatic carbocycles. The van der Waals surface area contributed by atoms with Crippen LogP contribution in [0.1, 0.15) is 24.0 Å². The van der Waals surface area contributed by atoms with Crippen LogP contribution in [-0.2, 0) is 0 Å². The van der Waals surface area contributed by atoms with E-state index in [0.29, 0.717) is 0 Å². The summed E-state index contributed by atoms with van der Waals surface area (Å²) in [7, 11) is 0. The predicted molar refractivity (Wildman–Crippen MR) is 83.6 cm³/mol. The lowest BCUT2D eigenvalue weighted by Crippen LogP contribution is -2.47. The molecular weight excluding hydrogens is 248 g/mol. The van der Waals surface area contributed by atoms with Crippen LogP contribution in [0.2, 0.25) is 0 Å². The number of anilines is 1. The van der Waals surface area contributed by atoms with Gasteiger partial charge in [0.25, 0.3) is 0 Å². The van der Waals surface area contributed by atoms with E-state index < -0.39 is 0 Å². The standard InChI is InChI=1S/C16H24N4/c1-12-3-2-4-14(16(17)18)15(12)20-9-7-19(8-10-20)11-13-5-6-13/h2-4,13H,5-11H2,1H3,(H3,17,18). The van der Waals surface area contributed by atoms with Gasteiger partial charge in [0, 0.05) is 38.3 Å². The second kappa shape index (κ2) is 5.44. The van der Waals surface area contributed by atoms with E-state index in [-0.39, 0.29) is 5.84 Å². The third kappa shape index (κ3) is 2.80. The van der Waals surface area contributed by atoms with E-state index in [2.05, 4.69) is 22.8 Å². The largest absolute Gasteiger partial charge is 0.384 e. The molecule has 1 saturated heterocycles. The minimum Gasteiger partial charge on any atom is -0.384 e. The number of piperazine rings is 1. The van der Waals surface area contributed by atoms with E-state index in [1.165, 1.54) is 24.9 Å². The van der Waals surface area contributed by atoms with Gasteiger partial charge in [-0.3, -0.25) is 10.3 Å². The lowest BCUT2D eigenvalue weighted by Gasteiger charge is -2.37. The normalized spacial score (nSPS) is 20.1. The summed E-state index contributed by atoms with van der Waals surface area (Å²) in [6.07, 6.45) is 2.85. The molecule has 3 N–H and O–H groups in total. The molecule has 0 radical (unpaired) electrons. The summed E-state index contributed by atoms with van der Waals surface area (Å²) in [6, 6.07) is 6.05. The van der Waals surface area contributed by atoms with Crippen molar-refractivity contribution in [3.8, 4) is 0 Å². The number of nitrogen functional groups attached to an aromatic ring is 1. The van der Waals surface area contributed by atoms with Gasteiger partial charge < -0.3 is 10.6 Å². The molecular formula is C16H24N4. The van der Waals surface area contributed by atoms with Crippen LogP contribution in [0.15, 0.2) is 18.2 Å². The molecule has 20 heavy (non-hydrogen) atoms. The van der Waals surface area contributed by atoms with Crippen molar-refractivity contribution in [2.24, 2.45) is 11.7 Å². The van der Waals surface area contributed by atoms with Gasteiger partial charge in [0.2, 0.25) is 0 Å². The quantitative estimate of drug-likeness (QED) is 0.649. The minimum absolute atomic E-state index is 0.170. The smallest absolute Gasteiger partial charge is 0.124 e. The van der Waals surface area contributed by atoms with E-state index in [1.54, 1.807) is 0 Å². The molecule has 1 heterocycles. The van der Waals surface area contributed by atoms with E-state index in [0.717, 1.165) is 43.3 Å². The topological polar surface area (TPSA) is 56.4 Å². The Hall–Kier alpha value is -1.55. The van der Waals surface area contributed by atoms with Crippen molar-refractivity contribution in [3.05, 3.63) is 29.3 Å². The summed E-state index contributed by atoms with van der Waals surface area (Å²) in [5.74, 6) is 1.14. The number of aryl methyl sites for hydroxylation is 1. The van der Waals surface area contributed by atoms with Crippen LogP contribution < -0.4 is 10.6 Å². The summed E-state index contributed by atoms with van der Waals surface area (Å²) < 4.78 is 0. The molecule has 0 atom stereocenters. The van der Waals surface area contributed by atoms with Gasteiger partial charge in [-0.2, -0.15) is 0 Å². The van der Waals surface area contributed by atoms with Crippen LogP contribution in [0.25, 0.3) is 0 Å². The Morgan fingerprint density at radius 3 is 2.55 bits per heavy atom. The number of nitrogens with zero attached hydrogens (tertiary/aromatic N) is 2. The van der Waals surface area contributed by atoms with E-state index in [4.69, 9.17) is 11.1 Å². The molecule has 4 heteroatoms. The van der Waals surface area contributed by atoms with Gasteiger partial charge in [0.15, 0.2) is 0 Å². The average molecular weight is 272 g/mol. The number of nitrogens with two attached hydrogens (primary N) is 1. The molecule has 4 nitrogen and oxygen atoms in total. The zero-order valence-electron chi connectivity index (χ0n) is 12.2. The maximum atomic E-state index is 7.77. The highest BCUT2D eigenvalue weighted by Gasteiger charge is 2.27. The lowest BCUT2D eigenvalue weighted by atomic mass is 10.0. The maximum absolute atomic E-state index is 7.77. The van der Waals surface area contributed by atoms with Crippen LogP contribution in [0.3, 0.4) is 0 Å². The molecule has 1 saturated carbocycles. The van der Waals surface area contributed by atoms with E-state index in [9.17, 15) is 0 Å². The fourth-order valence-electron chi connectivity index (χ4n) is 3.12. The van der Waals surface area contributed by atoms with Gasteiger partial charge in [-0.1, -0.05) is 12.1 Å². The van der Waals surface area contributed by atoms with Crippen LogP contribution in [0.5, 0.6) is 0 Å². The monoisotopic (exact) mass is 272 g/mol. The third-order valence-corrected chi connectivity index (χ3v) is 4.43. The summed E-state index contributed by atoms with van der Waals surface area (Å²) >= 11 is 0. The van der Waals surface area contributed by atoms with Gasteiger partial charge in [-0.05, 0) is 37.3 Å². The summed E-state index contributed by atoms with van der Waals surface area (Å²) in [4.78, 5) is 4.98. The molecule has 1 aliphatic heterocycles. The van der Waals surface area contributed by atoms with E-state index in [1.807, 2.05) is 12.1 Å². The lowest BCUT2D eigenvalue weighted by molar-refractivity contribution is 0.248. The van der Waals surface area contributed by atoms with Crippen LogP contribution in [0.4, 0.5) is 5.69 Å². The molecule has 0 spiro atoms. The first-order valence-corrected chi connectivity index (χ1v) is 7.56. The summed E-state index contributed by atoms with van der Waals surface area (Å²) in [6.45, 7) is 7.72. The first kappa shape index (κ1) is 13.4. The van der Waals surface area contributed by atoms with Crippen molar-refractivity contribution in [2.45, 2.75) is 19.8 Å². The minimum atomic E-state index is 0.170. The highest BCUT2D eigenvalue weighted by atomic mass is 15.3. The molecule has 0 bridgehead atoms. The number of para-hydroxylation sites is 1. The SMILES string of the molecule is Cc1cccc(C(=N)N)c1N1CCN(CC2CC2)CC1. The average Bonchev–Trinajstić information content (AvgIpc) is 3.23. The van der Waals surface area contributed by atoms with Crippen molar-refractivity contribution in [2.75, 3.05) is 37.6 Å². The highest BCUT2D eigenvalue weighted by molar-refractivity contribution is 6.01. The summed E-state index contributed by atoms with van der Waals surface area (Å²) in [5.41, 5.74) is 8.99. The van der Waals surface area contributed by atoms with Crippen LogP contribution >= 0.6 is 0 Å². The van der Waals surface area contributed by atoms with Crippen molar-refractivity contribution >= 4 is 11.5 Å². The van der Waals surface area contributed by atoms with Gasteiger partial charge in [0.05, 0.1) is 5.69 Å². The number of hydrogen-bond acceptors (Lipinski definition) is 3. The first-order chi connectivity index (χ1) is 9.65. The molecule has 108 valence electrons. The van der Waals surface area contributed by atoms with Gasteiger partial charge in [-0.15, -0.1) is 0 Å². The Morgan fingerprint density at radius 1 is 1.25 bits per heavy atom. The Bertz CT molecular complexity index is 499. The number of benzene rings is 1. The maximum Gasteiger partial charge on any atom is 0.124 e.